The number of pyridine rings is 4. The zero-order chi connectivity index (χ0) is 28.7. The molecule has 0 fully saturated rings. The summed E-state index contributed by atoms with van der Waals surface area (Å²) in [7, 11) is 0. The fourth-order valence-corrected chi connectivity index (χ4v) is 4.39. The van der Waals surface area contributed by atoms with E-state index >= 15 is 0 Å². The lowest BCUT2D eigenvalue weighted by atomic mass is 10.0. The summed E-state index contributed by atoms with van der Waals surface area (Å²) < 4.78 is 0. The van der Waals surface area contributed by atoms with Crippen LogP contribution in [0.1, 0.15) is 33.6 Å². The molecular weight excluding hydrogens is 512 g/mol. The third-order valence-electron chi connectivity index (χ3n) is 6.63. The molecule has 0 unspecified atom stereocenters. The van der Waals surface area contributed by atoms with E-state index in [0.717, 1.165) is 67.5 Å². The summed E-state index contributed by atoms with van der Waals surface area (Å²) in [6, 6.07) is 36.2. The Balaban J connectivity index is 1.09. The molecule has 0 amide bonds. The van der Waals surface area contributed by atoms with Crippen molar-refractivity contribution in [3.63, 3.8) is 0 Å². The van der Waals surface area contributed by atoms with Crippen molar-refractivity contribution in [2.45, 2.75) is 13.8 Å². The van der Waals surface area contributed by atoms with Gasteiger partial charge in [0, 0.05) is 46.0 Å². The monoisotopic (exact) mass is 538 g/mol. The van der Waals surface area contributed by atoms with Gasteiger partial charge in [-0.3, -0.25) is 19.9 Å². The number of hydrogen-bond donors (Lipinski definition) is 0. The van der Waals surface area contributed by atoms with Gasteiger partial charge in [0.05, 0.1) is 22.8 Å². The first-order chi connectivity index (χ1) is 20.6. The van der Waals surface area contributed by atoms with E-state index in [2.05, 4.69) is 67.9 Å². The van der Waals surface area contributed by atoms with E-state index in [9.17, 15) is 0 Å². The fraction of sp³-hybridized carbons (Fsp3) is 0.0526. The number of benzene rings is 2. The molecule has 0 aliphatic rings. The van der Waals surface area contributed by atoms with Gasteiger partial charge in [0.15, 0.2) is 0 Å². The first-order valence-electron chi connectivity index (χ1n) is 13.6. The zero-order valence-corrected chi connectivity index (χ0v) is 23.3. The first kappa shape index (κ1) is 26.4. The normalized spacial score (nSPS) is 10.2. The van der Waals surface area contributed by atoms with Gasteiger partial charge in [0.25, 0.3) is 0 Å². The second kappa shape index (κ2) is 12.1. The molecule has 0 saturated carbocycles. The first-order valence-corrected chi connectivity index (χ1v) is 13.6. The van der Waals surface area contributed by atoms with E-state index in [4.69, 9.17) is 0 Å². The Bertz CT molecular complexity index is 1820. The van der Waals surface area contributed by atoms with Crippen molar-refractivity contribution in [3.05, 3.63) is 155 Å². The second-order valence-electron chi connectivity index (χ2n) is 9.85. The molecule has 4 nitrogen and oxygen atoms in total. The lowest BCUT2D eigenvalue weighted by molar-refractivity contribution is 1.17. The fourth-order valence-electron chi connectivity index (χ4n) is 4.39. The van der Waals surface area contributed by atoms with Crippen LogP contribution in [0.5, 0.6) is 0 Å². The molecule has 6 aromatic rings. The lowest BCUT2D eigenvalue weighted by Gasteiger charge is -2.02. The van der Waals surface area contributed by atoms with Gasteiger partial charge in [-0.15, -0.1) is 0 Å². The van der Waals surface area contributed by atoms with Crippen LogP contribution >= 0.6 is 0 Å². The van der Waals surface area contributed by atoms with Crippen molar-refractivity contribution in [2.24, 2.45) is 0 Å². The lowest BCUT2D eigenvalue weighted by Crippen LogP contribution is -1.89. The molecule has 198 valence electrons. The smallest absolute Gasteiger partial charge is 0.0889 e. The summed E-state index contributed by atoms with van der Waals surface area (Å²) in [4.78, 5) is 18.1. The van der Waals surface area contributed by atoms with E-state index in [1.165, 1.54) is 0 Å². The van der Waals surface area contributed by atoms with Crippen molar-refractivity contribution in [1.29, 1.82) is 0 Å². The van der Waals surface area contributed by atoms with Crippen LogP contribution in [-0.2, 0) is 0 Å². The number of hydrogen-bond acceptors (Lipinski definition) is 4. The topological polar surface area (TPSA) is 51.6 Å². The van der Waals surface area contributed by atoms with Gasteiger partial charge in [-0.1, -0.05) is 60.1 Å². The van der Waals surface area contributed by atoms with Crippen molar-refractivity contribution in [1.82, 2.24) is 19.9 Å². The molecule has 0 N–H and O–H groups in total. The molecule has 0 radical (unpaired) electrons. The van der Waals surface area contributed by atoms with Crippen LogP contribution in [0.15, 0.2) is 122 Å². The highest BCUT2D eigenvalue weighted by atomic mass is 14.8. The van der Waals surface area contributed by atoms with Crippen molar-refractivity contribution < 1.29 is 0 Å². The molecule has 42 heavy (non-hydrogen) atoms. The van der Waals surface area contributed by atoms with Crippen LogP contribution < -0.4 is 0 Å². The van der Waals surface area contributed by atoms with Crippen molar-refractivity contribution in [3.8, 4) is 57.6 Å². The molecule has 4 aromatic heterocycles. The molecular formula is C38H26N4. The molecule has 2 aromatic carbocycles. The highest BCUT2D eigenvalue weighted by Crippen LogP contribution is 2.21. The average Bonchev–Trinajstić information content (AvgIpc) is 3.04. The predicted molar refractivity (Wildman–Crippen MR) is 168 cm³/mol. The number of nitrogens with zero attached hydrogens (tertiary/aromatic N) is 4. The van der Waals surface area contributed by atoms with Crippen LogP contribution in [0.2, 0.25) is 0 Å². The Morgan fingerprint density at radius 2 is 0.762 bits per heavy atom. The van der Waals surface area contributed by atoms with Crippen LogP contribution in [0.4, 0.5) is 0 Å². The van der Waals surface area contributed by atoms with Crippen LogP contribution in [0.25, 0.3) is 33.9 Å². The zero-order valence-electron chi connectivity index (χ0n) is 23.3. The maximum absolute atomic E-state index is 4.53. The Labute approximate surface area is 246 Å². The van der Waals surface area contributed by atoms with Crippen LogP contribution in [0, 0.1) is 37.5 Å². The Morgan fingerprint density at radius 1 is 0.381 bits per heavy atom. The van der Waals surface area contributed by atoms with Gasteiger partial charge in [-0.25, -0.2) is 0 Å². The van der Waals surface area contributed by atoms with E-state index in [1.54, 1.807) is 12.4 Å². The van der Waals surface area contributed by atoms with Gasteiger partial charge < -0.3 is 0 Å². The number of rotatable bonds is 3. The maximum atomic E-state index is 4.53. The second-order valence-corrected chi connectivity index (χ2v) is 9.85. The molecule has 0 spiro atoms. The van der Waals surface area contributed by atoms with E-state index < -0.39 is 0 Å². The SMILES string of the molecule is Cc1cccc(-c2ccc(C#Cc3ccc(-c4ccc(C#Cc5ccc(-c6cccc(C)n6)nc5)cc4)cc3)cn2)n1. The summed E-state index contributed by atoms with van der Waals surface area (Å²) in [5.41, 5.74) is 11.2. The minimum absolute atomic E-state index is 0.841. The minimum atomic E-state index is 0.841. The highest BCUT2D eigenvalue weighted by Gasteiger charge is 2.02. The molecule has 6 rings (SSSR count). The molecule has 4 heteroatoms. The molecule has 4 heterocycles. The van der Waals surface area contributed by atoms with Crippen molar-refractivity contribution >= 4 is 0 Å². The third kappa shape index (κ3) is 6.48. The predicted octanol–water partition coefficient (Wildman–Crippen LogP) is 7.68. The summed E-state index contributed by atoms with van der Waals surface area (Å²) in [6.07, 6.45) is 3.58. The summed E-state index contributed by atoms with van der Waals surface area (Å²) >= 11 is 0. The molecule has 0 saturated heterocycles. The standard InChI is InChI=1S/C38H26N4/c1-27-5-3-7-37(41-27)35-23-17-31(25-39-35)11-9-29-13-19-33(20-14-29)34-21-15-30(16-22-34)10-12-32-18-24-36(40-26-32)38-8-4-6-28(2)42-38/h3-8,13-26H,1-2H3. The van der Waals surface area contributed by atoms with Crippen LogP contribution in [0.3, 0.4) is 0 Å². The van der Waals surface area contributed by atoms with Gasteiger partial charge in [-0.05, 0) is 97.8 Å². The third-order valence-corrected chi connectivity index (χ3v) is 6.63. The van der Waals surface area contributed by atoms with E-state index in [1.807, 2.05) is 98.8 Å². The molecule has 0 atom stereocenters. The van der Waals surface area contributed by atoms with Gasteiger partial charge in [0.2, 0.25) is 0 Å². The quantitative estimate of drug-likeness (QED) is 0.217. The van der Waals surface area contributed by atoms with E-state index in [-0.39, 0.29) is 0 Å². The number of aryl methyl sites for hydroxylation is 2. The van der Waals surface area contributed by atoms with Gasteiger partial charge >= 0.3 is 0 Å². The van der Waals surface area contributed by atoms with Crippen molar-refractivity contribution in [2.75, 3.05) is 0 Å². The van der Waals surface area contributed by atoms with Gasteiger partial charge in [0.1, 0.15) is 0 Å². The summed E-state index contributed by atoms with van der Waals surface area (Å²) in [5, 5.41) is 0. The number of aromatic nitrogens is 4. The van der Waals surface area contributed by atoms with E-state index in [0.29, 0.717) is 0 Å². The van der Waals surface area contributed by atoms with Crippen LogP contribution in [-0.4, -0.2) is 19.9 Å². The van der Waals surface area contributed by atoms with Gasteiger partial charge in [-0.2, -0.15) is 0 Å². The molecule has 0 aliphatic heterocycles. The molecule has 0 bridgehead atoms. The summed E-state index contributed by atoms with van der Waals surface area (Å²) in [5.74, 6) is 12.9. The molecule has 0 aliphatic carbocycles. The highest BCUT2D eigenvalue weighted by molar-refractivity contribution is 5.66. The largest absolute Gasteiger partial charge is 0.253 e. The Kier molecular flexibility index (Phi) is 7.62. The average molecular weight is 539 g/mol. The Morgan fingerprint density at radius 3 is 1.12 bits per heavy atom. The Hall–Kier alpha value is -5.84. The summed E-state index contributed by atoms with van der Waals surface area (Å²) in [6.45, 7) is 3.95. The maximum Gasteiger partial charge on any atom is 0.0889 e. The minimum Gasteiger partial charge on any atom is -0.253 e.